The summed E-state index contributed by atoms with van der Waals surface area (Å²) >= 11 is 3.32. The Kier molecular flexibility index (Phi) is 4.78. The molecule has 150 valence electrons. The second kappa shape index (κ2) is 7.44. The quantitative estimate of drug-likeness (QED) is 0.566. The lowest BCUT2D eigenvalue weighted by atomic mass is 10.1. The molecule has 5 nitrogen and oxygen atoms in total. The van der Waals surface area contributed by atoms with Crippen molar-refractivity contribution in [2.75, 3.05) is 43.1 Å². The third-order valence-electron chi connectivity index (χ3n) is 5.68. The van der Waals surface area contributed by atoms with Gasteiger partial charge in [0.2, 0.25) is 0 Å². The number of hydrogen-bond donors (Lipinski definition) is 0. The van der Waals surface area contributed by atoms with Gasteiger partial charge in [-0.3, -0.25) is 0 Å². The fourth-order valence-corrected chi connectivity index (χ4v) is 4.28. The number of methoxy groups -OCH3 is 1. The van der Waals surface area contributed by atoms with Crippen LogP contribution in [0.25, 0.3) is 10.9 Å². The van der Waals surface area contributed by atoms with Gasteiger partial charge in [-0.25, -0.2) is 14.4 Å². The van der Waals surface area contributed by atoms with Crippen LogP contribution in [-0.2, 0) is 0 Å². The number of benzene rings is 2. The fraction of sp³-hybridized carbons (Fsp3) is 0.364. The van der Waals surface area contributed by atoms with E-state index in [1.54, 1.807) is 7.11 Å². The molecular weight excluding hydrogens is 435 g/mol. The Morgan fingerprint density at radius 1 is 1.03 bits per heavy atom. The smallest absolute Gasteiger partial charge is 0.142 e. The molecule has 1 aliphatic heterocycles. The maximum absolute atomic E-state index is 14.1. The molecule has 0 radical (unpaired) electrons. The van der Waals surface area contributed by atoms with Gasteiger partial charge < -0.3 is 14.5 Å². The summed E-state index contributed by atoms with van der Waals surface area (Å²) in [7, 11) is 1.71. The highest BCUT2D eigenvalue weighted by molar-refractivity contribution is 9.10. The van der Waals surface area contributed by atoms with Gasteiger partial charge in [-0.2, -0.15) is 0 Å². The zero-order valence-electron chi connectivity index (χ0n) is 16.2. The number of ether oxygens (including phenoxy) is 1. The van der Waals surface area contributed by atoms with Crippen molar-refractivity contribution < 1.29 is 9.13 Å². The van der Waals surface area contributed by atoms with E-state index in [9.17, 15) is 4.39 Å². The number of nitrogens with zero attached hydrogens (tertiary/aromatic N) is 4. The van der Waals surface area contributed by atoms with Crippen LogP contribution in [0.5, 0.6) is 5.75 Å². The molecule has 0 amide bonds. The van der Waals surface area contributed by atoms with Crippen LogP contribution in [0.2, 0.25) is 0 Å². The van der Waals surface area contributed by atoms with Gasteiger partial charge in [-0.05, 0) is 47.0 Å². The number of piperazine rings is 1. The van der Waals surface area contributed by atoms with Crippen LogP contribution in [0.3, 0.4) is 0 Å². The highest BCUT2D eigenvalue weighted by Gasteiger charge is 2.29. The van der Waals surface area contributed by atoms with Crippen molar-refractivity contribution >= 4 is 38.3 Å². The van der Waals surface area contributed by atoms with Crippen LogP contribution >= 0.6 is 15.9 Å². The summed E-state index contributed by atoms with van der Waals surface area (Å²) in [5.41, 5.74) is 1.80. The van der Waals surface area contributed by atoms with E-state index in [-0.39, 0.29) is 5.82 Å². The average Bonchev–Trinajstić information content (AvgIpc) is 3.59. The van der Waals surface area contributed by atoms with Gasteiger partial charge in [0.25, 0.3) is 0 Å². The second-order valence-electron chi connectivity index (χ2n) is 7.61. The second-order valence-corrected chi connectivity index (χ2v) is 8.46. The van der Waals surface area contributed by atoms with E-state index in [1.165, 1.54) is 6.07 Å². The predicted molar refractivity (Wildman–Crippen MR) is 117 cm³/mol. The molecule has 1 aliphatic carbocycles. The molecule has 2 aliphatic rings. The predicted octanol–water partition coefficient (Wildman–Crippen LogP) is 4.74. The third-order valence-corrected chi connectivity index (χ3v) is 6.29. The minimum Gasteiger partial charge on any atom is -0.495 e. The van der Waals surface area contributed by atoms with Crippen molar-refractivity contribution in [1.29, 1.82) is 0 Å². The Balaban J connectivity index is 1.46. The first-order valence-electron chi connectivity index (χ1n) is 9.93. The Morgan fingerprint density at radius 3 is 2.48 bits per heavy atom. The lowest BCUT2D eigenvalue weighted by Crippen LogP contribution is -2.47. The summed E-state index contributed by atoms with van der Waals surface area (Å²) in [6.07, 6.45) is 2.23. The number of aromatic nitrogens is 2. The summed E-state index contributed by atoms with van der Waals surface area (Å²) in [5.74, 6) is 2.78. The van der Waals surface area contributed by atoms with Crippen LogP contribution in [0.15, 0.2) is 40.9 Å². The number of anilines is 2. The van der Waals surface area contributed by atoms with Crippen molar-refractivity contribution in [2.45, 2.75) is 18.8 Å². The van der Waals surface area contributed by atoms with Gasteiger partial charge in [0.15, 0.2) is 0 Å². The van der Waals surface area contributed by atoms with Crippen molar-refractivity contribution in [3.8, 4) is 5.75 Å². The molecule has 1 saturated heterocycles. The van der Waals surface area contributed by atoms with Gasteiger partial charge in [-0.1, -0.05) is 12.1 Å². The Bertz CT molecular complexity index is 1060. The maximum atomic E-state index is 14.1. The first-order chi connectivity index (χ1) is 14.1. The van der Waals surface area contributed by atoms with Gasteiger partial charge in [0.1, 0.15) is 23.2 Å². The molecule has 0 spiro atoms. The minimum absolute atomic E-state index is 0.287. The molecule has 0 bridgehead atoms. The number of halogens is 2. The summed E-state index contributed by atoms with van der Waals surface area (Å²) in [6, 6.07) is 11.4. The van der Waals surface area contributed by atoms with E-state index in [0.717, 1.165) is 67.5 Å². The van der Waals surface area contributed by atoms with Crippen molar-refractivity contribution in [3.63, 3.8) is 0 Å². The topological polar surface area (TPSA) is 41.5 Å². The van der Waals surface area contributed by atoms with E-state index in [0.29, 0.717) is 15.9 Å². The maximum Gasteiger partial charge on any atom is 0.142 e. The molecular formula is C22H22BrFN4O. The van der Waals surface area contributed by atoms with Gasteiger partial charge in [-0.15, -0.1) is 0 Å². The highest BCUT2D eigenvalue weighted by atomic mass is 79.9. The molecule has 7 heteroatoms. The Hall–Kier alpha value is -2.41. The Labute approximate surface area is 177 Å². The van der Waals surface area contributed by atoms with Crippen LogP contribution in [0.1, 0.15) is 24.6 Å². The van der Waals surface area contributed by atoms with Crippen LogP contribution in [0, 0.1) is 5.82 Å². The number of rotatable bonds is 4. The molecule has 3 aromatic rings. The average molecular weight is 457 g/mol. The number of hydrogen-bond acceptors (Lipinski definition) is 5. The van der Waals surface area contributed by atoms with Gasteiger partial charge >= 0.3 is 0 Å². The lowest BCUT2D eigenvalue weighted by Gasteiger charge is -2.37. The highest BCUT2D eigenvalue weighted by Crippen LogP contribution is 2.40. The van der Waals surface area contributed by atoms with E-state index in [4.69, 9.17) is 9.72 Å². The summed E-state index contributed by atoms with van der Waals surface area (Å²) in [6.45, 7) is 3.41. The molecule has 2 heterocycles. The normalized spacial score (nSPS) is 17.1. The summed E-state index contributed by atoms with van der Waals surface area (Å²) < 4.78 is 20.1. The van der Waals surface area contributed by atoms with E-state index < -0.39 is 0 Å². The van der Waals surface area contributed by atoms with Crippen molar-refractivity contribution in [3.05, 3.63) is 52.5 Å². The molecule has 0 atom stereocenters. The molecule has 1 saturated carbocycles. The zero-order chi connectivity index (χ0) is 20.0. The first kappa shape index (κ1) is 18.6. The monoisotopic (exact) mass is 456 g/mol. The number of fused-ring (bicyclic) bond motifs is 1. The minimum atomic E-state index is -0.287. The standard InChI is InChI=1S/C22H22BrFN4O/c1-29-20-5-3-2-4-19(20)27-8-10-28(11-9-27)22-15-12-16(23)17(24)13-18(15)25-21(26-22)14-6-7-14/h2-5,12-14H,6-11H2,1H3. The first-order valence-corrected chi connectivity index (χ1v) is 10.7. The summed E-state index contributed by atoms with van der Waals surface area (Å²) in [4.78, 5) is 14.2. The van der Waals surface area contributed by atoms with Crippen LogP contribution in [-0.4, -0.2) is 43.3 Å². The number of para-hydroxylation sites is 2. The zero-order valence-corrected chi connectivity index (χ0v) is 17.8. The summed E-state index contributed by atoms with van der Waals surface area (Å²) in [5, 5.41) is 0.897. The van der Waals surface area contributed by atoms with Crippen LogP contribution in [0.4, 0.5) is 15.9 Å². The molecule has 2 fully saturated rings. The third kappa shape index (κ3) is 3.52. The van der Waals surface area contributed by atoms with E-state index in [2.05, 4.69) is 36.8 Å². The molecule has 1 aromatic heterocycles. The van der Waals surface area contributed by atoms with Gasteiger partial charge in [0.05, 0.1) is 22.8 Å². The van der Waals surface area contributed by atoms with E-state index in [1.807, 2.05) is 24.3 Å². The van der Waals surface area contributed by atoms with Gasteiger partial charge in [0, 0.05) is 43.5 Å². The fourth-order valence-electron chi connectivity index (χ4n) is 3.94. The largest absolute Gasteiger partial charge is 0.495 e. The molecule has 2 aromatic carbocycles. The molecule has 0 unspecified atom stereocenters. The Morgan fingerprint density at radius 2 is 1.76 bits per heavy atom. The van der Waals surface area contributed by atoms with E-state index >= 15 is 0 Å². The van der Waals surface area contributed by atoms with Crippen LogP contribution < -0.4 is 14.5 Å². The lowest BCUT2D eigenvalue weighted by molar-refractivity contribution is 0.413. The van der Waals surface area contributed by atoms with Crippen molar-refractivity contribution in [1.82, 2.24) is 9.97 Å². The molecule has 29 heavy (non-hydrogen) atoms. The molecule has 0 N–H and O–H groups in total. The SMILES string of the molecule is COc1ccccc1N1CCN(c2nc(C3CC3)nc3cc(F)c(Br)cc23)CC1. The van der Waals surface area contributed by atoms with Crippen molar-refractivity contribution in [2.24, 2.45) is 0 Å². The molecule has 5 rings (SSSR count).